The fraction of sp³-hybridized carbons (Fsp3) is 0.467. The van der Waals surface area contributed by atoms with Crippen LogP contribution in [0.4, 0.5) is 0 Å². The monoisotopic (exact) mass is 274 g/mol. The van der Waals surface area contributed by atoms with Crippen LogP contribution in [-0.2, 0) is 9.53 Å². The molecule has 1 fully saturated rings. The second kappa shape index (κ2) is 6.92. The fourth-order valence-electron chi connectivity index (χ4n) is 2.17. The zero-order valence-electron chi connectivity index (χ0n) is 11.5. The molecule has 0 aliphatic carbocycles. The third-order valence-corrected chi connectivity index (χ3v) is 3.20. The largest absolute Gasteiger partial charge is 0.484 e. The number of nitrogens with zero attached hydrogens (tertiary/aromatic N) is 1. The van der Waals surface area contributed by atoms with Crippen molar-refractivity contribution in [3.8, 4) is 11.8 Å². The van der Waals surface area contributed by atoms with Gasteiger partial charge < -0.3 is 14.8 Å². The number of amides is 1. The van der Waals surface area contributed by atoms with Crippen LogP contribution in [0.5, 0.6) is 5.75 Å². The van der Waals surface area contributed by atoms with Crippen molar-refractivity contribution in [1.82, 2.24) is 5.32 Å². The molecule has 1 amide bonds. The molecule has 1 N–H and O–H groups in total. The molecule has 5 nitrogen and oxygen atoms in total. The van der Waals surface area contributed by atoms with Crippen LogP contribution in [0.1, 0.15) is 25.3 Å². The van der Waals surface area contributed by atoms with Crippen LogP contribution in [0.3, 0.4) is 0 Å². The number of nitrogens with one attached hydrogen (secondary N) is 1. The highest BCUT2D eigenvalue weighted by atomic mass is 16.5. The summed E-state index contributed by atoms with van der Waals surface area (Å²) >= 11 is 0. The summed E-state index contributed by atoms with van der Waals surface area (Å²) in [5.41, 5.74) is 0.568. The van der Waals surface area contributed by atoms with Crippen molar-refractivity contribution in [3.05, 3.63) is 29.8 Å². The van der Waals surface area contributed by atoms with Gasteiger partial charge in [-0.25, -0.2) is 0 Å². The maximum atomic E-state index is 11.8. The first-order valence-electron chi connectivity index (χ1n) is 6.71. The van der Waals surface area contributed by atoms with Gasteiger partial charge in [0.05, 0.1) is 17.7 Å². The van der Waals surface area contributed by atoms with E-state index in [2.05, 4.69) is 5.32 Å². The number of rotatable bonds is 4. The Morgan fingerprint density at radius 2 is 2.25 bits per heavy atom. The third-order valence-electron chi connectivity index (χ3n) is 3.20. The van der Waals surface area contributed by atoms with E-state index in [1.54, 1.807) is 24.3 Å². The molecule has 0 saturated carbocycles. The molecule has 0 spiro atoms. The Hall–Kier alpha value is -2.06. The molecule has 0 radical (unpaired) electrons. The van der Waals surface area contributed by atoms with Crippen LogP contribution in [0.25, 0.3) is 0 Å². The standard InChI is InChI=1S/C15H18N2O3/c1-11-8-13(6-7-19-11)17-15(18)10-20-14-4-2-12(9-16)3-5-14/h2-5,11,13H,6-8,10H2,1H3,(H,17,18). The van der Waals surface area contributed by atoms with Crippen LogP contribution < -0.4 is 10.1 Å². The first kappa shape index (κ1) is 14.4. The number of carbonyl (C=O) groups excluding carboxylic acids is 1. The molecule has 1 aliphatic rings. The van der Waals surface area contributed by atoms with Gasteiger partial charge in [-0.15, -0.1) is 0 Å². The van der Waals surface area contributed by atoms with E-state index in [0.717, 1.165) is 12.8 Å². The summed E-state index contributed by atoms with van der Waals surface area (Å²) < 4.78 is 10.8. The Bertz CT molecular complexity index is 493. The number of ether oxygens (including phenoxy) is 2. The Kier molecular flexibility index (Phi) is 4.97. The van der Waals surface area contributed by atoms with Gasteiger partial charge >= 0.3 is 0 Å². The number of hydrogen-bond acceptors (Lipinski definition) is 4. The smallest absolute Gasteiger partial charge is 0.258 e. The molecule has 2 rings (SSSR count). The summed E-state index contributed by atoms with van der Waals surface area (Å²) in [6.07, 6.45) is 1.86. The van der Waals surface area contributed by atoms with Gasteiger partial charge in [-0.1, -0.05) is 0 Å². The van der Waals surface area contributed by atoms with Crippen molar-refractivity contribution in [1.29, 1.82) is 5.26 Å². The lowest BCUT2D eigenvalue weighted by Crippen LogP contribution is -2.43. The molecule has 2 unspecified atom stereocenters. The summed E-state index contributed by atoms with van der Waals surface area (Å²) in [6.45, 7) is 2.67. The van der Waals surface area contributed by atoms with E-state index < -0.39 is 0 Å². The number of carbonyl (C=O) groups is 1. The molecule has 20 heavy (non-hydrogen) atoms. The molecule has 1 aliphatic heterocycles. The van der Waals surface area contributed by atoms with Crippen LogP contribution in [-0.4, -0.2) is 31.3 Å². The number of benzene rings is 1. The van der Waals surface area contributed by atoms with E-state index in [1.807, 2.05) is 13.0 Å². The van der Waals surface area contributed by atoms with Crippen molar-refractivity contribution in [2.45, 2.75) is 31.9 Å². The lowest BCUT2D eigenvalue weighted by Gasteiger charge is -2.27. The maximum absolute atomic E-state index is 11.8. The first-order valence-corrected chi connectivity index (χ1v) is 6.71. The summed E-state index contributed by atoms with van der Waals surface area (Å²) in [5, 5.41) is 11.6. The van der Waals surface area contributed by atoms with E-state index >= 15 is 0 Å². The van der Waals surface area contributed by atoms with E-state index in [9.17, 15) is 4.79 Å². The van der Waals surface area contributed by atoms with Crippen LogP contribution >= 0.6 is 0 Å². The molecular formula is C15H18N2O3. The summed E-state index contributed by atoms with van der Waals surface area (Å²) in [4.78, 5) is 11.8. The molecule has 0 bridgehead atoms. The summed E-state index contributed by atoms with van der Waals surface area (Å²) in [5.74, 6) is 0.452. The zero-order chi connectivity index (χ0) is 14.4. The Morgan fingerprint density at radius 1 is 1.50 bits per heavy atom. The van der Waals surface area contributed by atoms with Gasteiger partial charge in [0.1, 0.15) is 5.75 Å². The van der Waals surface area contributed by atoms with E-state index in [-0.39, 0.29) is 24.7 Å². The molecule has 1 aromatic carbocycles. The first-order chi connectivity index (χ1) is 9.67. The topological polar surface area (TPSA) is 71.3 Å². The summed E-state index contributed by atoms with van der Waals surface area (Å²) in [7, 11) is 0. The molecule has 1 saturated heterocycles. The van der Waals surface area contributed by atoms with E-state index in [1.165, 1.54) is 0 Å². The Morgan fingerprint density at radius 3 is 2.90 bits per heavy atom. The molecule has 1 heterocycles. The van der Waals surface area contributed by atoms with Gasteiger partial charge in [-0.2, -0.15) is 5.26 Å². The van der Waals surface area contributed by atoms with Crippen molar-refractivity contribution in [2.24, 2.45) is 0 Å². The van der Waals surface area contributed by atoms with Crippen molar-refractivity contribution in [2.75, 3.05) is 13.2 Å². The van der Waals surface area contributed by atoms with Gasteiger partial charge in [-0.05, 0) is 44.0 Å². The maximum Gasteiger partial charge on any atom is 0.258 e. The van der Waals surface area contributed by atoms with Crippen molar-refractivity contribution >= 4 is 5.91 Å². The highest BCUT2D eigenvalue weighted by molar-refractivity contribution is 5.77. The average Bonchev–Trinajstić information content (AvgIpc) is 2.46. The van der Waals surface area contributed by atoms with Gasteiger partial charge in [0.15, 0.2) is 6.61 Å². The second-order valence-corrected chi connectivity index (χ2v) is 4.90. The van der Waals surface area contributed by atoms with Gasteiger partial charge in [0.2, 0.25) is 0 Å². The molecule has 1 aromatic rings. The van der Waals surface area contributed by atoms with Crippen LogP contribution in [0, 0.1) is 11.3 Å². The SMILES string of the molecule is CC1CC(NC(=O)COc2ccc(C#N)cc2)CCO1. The second-order valence-electron chi connectivity index (χ2n) is 4.90. The molecule has 2 atom stereocenters. The highest BCUT2D eigenvalue weighted by Crippen LogP contribution is 2.14. The van der Waals surface area contributed by atoms with Gasteiger partial charge in [-0.3, -0.25) is 4.79 Å². The quantitative estimate of drug-likeness (QED) is 0.905. The van der Waals surface area contributed by atoms with Crippen molar-refractivity contribution in [3.63, 3.8) is 0 Å². The zero-order valence-corrected chi connectivity index (χ0v) is 11.5. The molecule has 0 aromatic heterocycles. The highest BCUT2D eigenvalue weighted by Gasteiger charge is 2.20. The average molecular weight is 274 g/mol. The molecule has 106 valence electrons. The lowest BCUT2D eigenvalue weighted by molar-refractivity contribution is -0.124. The predicted octanol–water partition coefficient (Wildman–Crippen LogP) is 1.62. The Labute approximate surface area is 118 Å². The minimum atomic E-state index is -0.131. The fourth-order valence-corrected chi connectivity index (χ4v) is 2.17. The van der Waals surface area contributed by atoms with Crippen LogP contribution in [0.2, 0.25) is 0 Å². The van der Waals surface area contributed by atoms with Crippen molar-refractivity contribution < 1.29 is 14.3 Å². The number of hydrogen-bond donors (Lipinski definition) is 1. The van der Waals surface area contributed by atoms with Gasteiger partial charge in [0.25, 0.3) is 5.91 Å². The molecule has 5 heteroatoms. The Balaban J connectivity index is 1.75. The predicted molar refractivity (Wildman–Crippen MR) is 73.2 cm³/mol. The normalized spacial score (nSPS) is 21.8. The molecular weight excluding hydrogens is 256 g/mol. The lowest BCUT2D eigenvalue weighted by atomic mass is 10.0. The third kappa shape index (κ3) is 4.25. The minimum absolute atomic E-state index is 0.0162. The number of nitriles is 1. The van der Waals surface area contributed by atoms with E-state index in [4.69, 9.17) is 14.7 Å². The van der Waals surface area contributed by atoms with Crippen LogP contribution in [0.15, 0.2) is 24.3 Å². The van der Waals surface area contributed by atoms with Gasteiger partial charge in [0, 0.05) is 12.6 Å². The summed E-state index contributed by atoms with van der Waals surface area (Å²) in [6, 6.07) is 8.88. The minimum Gasteiger partial charge on any atom is -0.484 e. The van der Waals surface area contributed by atoms with E-state index in [0.29, 0.717) is 17.9 Å².